The molecule has 0 radical (unpaired) electrons. The summed E-state index contributed by atoms with van der Waals surface area (Å²) in [6.45, 7) is 1.97. The number of ether oxygens (including phenoxy) is 2. The minimum atomic E-state index is -1.15. The molecule has 1 heterocycles. The van der Waals surface area contributed by atoms with Gasteiger partial charge in [0.25, 0.3) is 0 Å². The van der Waals surface area contributed by atoms with E-state index in [-0.39, 0.29) is 0 Å². The Morgan fingerprint density at radius 2 is 2.12 bits per heavy atom. The van der Waals surface area contributed by atoms with Crippen molar-refractivity contribution in [1.29, 1.82) is 0 Å². The van der Waals surface area contributed by atoms with Crippen LogP contribution in [0.2, 0.25) is 0 Å². The van der Waals surface area contributed by atoms with Crippen LogP contribution < -0.4 is 0 Å². The van der Waals surface area contributed by atoms with E-state index in [2.05, 4.69) is 0 Å². The van der Waals surface area contributed by atoms with Gasteiger partial charge in [-0.1, -0.05) is 30.3 Å². The van der Waals surface area contributed by atoms with Crippen molar-refractivity contribution in [3.05, 3.63) is 35.9 Å². The molecular weight excluding hydrogens is 208 g/mol. The summed E-state index contributed by atoms with van der Waals surface area (Å²) in [6.07, 6.45) is -0.220. The fourth-order valence-electron chi connectivity index (χ4n) is 1.62. The Bertz CT molecular complexity index is 376. The third-order valence-electron chi connectivity index (χ3n) is 2.74. The zero-order valence-corrected chi connectivity index (χ0v) is 9.05. The summed E-state index contributed by atoms with van der Waals surface area (Å²) >= 11 is 0. The summed E-state index contributed by atoms with van der Waals surface area (Å²) in [5.41, 5.74) is -0.312. The molecule has 4 heteroatoms. The molecule has 1 fully saturated rings. The van der Waals surface area contributed by atoms with Gasteiger partial charge in [0.2, 0.25) is 0 Å². The zero-order chi connectivity index (χ0) is 11.6. The molecule has 4 nitrogen and oxygen atoms in total. The SMILES string of the molecule is C[C@@]1(C(=O)O)CCOC(c2ccccc2)O1. The van der Waals surface area contributed by atoms with Crippen molar-refractivity contribution in [2.45, 2.75) is 25.2 Å². The van der Waals surface area contributed by atoms with Gasteiger partial charge in [0, 0.05) is 12.0 Å². The summed E-state index contributed by atoms with van der Waals surface area (Å²) in [4.78, 5) is 11.1. The van der Waals surface area contributed by atoms with Gasteiger partial charge in [-0.2, -0.15) is 0 Å². The maximum Gasteiger partial charge on any atom is 0.335 e. The molecule has 0 aliphatic carbocycles. The first-order valence-corrected chi connectivity index (χ1v) is 5.19. The van der Waals surface area contributed by atoms with Crippen molar-refractivity contribution in [3.63, 3.8) is 0 Å². The average Bonchev–Trinajstić information content (AvgIpc) is 2.30. The number of aliphatic carboxylic acids is 1. The summed E-state index contributed by atoms with van der Waals surface area (Å²) in [6, 6.07) is 9.35. The highest BCUT2D eigenvalue weighted by molar-refractivity contribution is 5.77. The molecule has 1 aromatic carbocycles. The largest absolute Gasteiger partial charge is 0.479 e. The standard InChI is InChI=1S/C12H14O4/c1-12(11(13)14)7-8-15-10(16-12)9-5-3-2-4-6-9/h2-6,10H,7-8H2,1H3,(H,13,14)/t10?,12-/m0/s1. The topological polar surface area (TPSA) is 55.8 Å². The van der Waals surface area contributed by atoms with Gasteiger partial charge in [0.1, 0.15) is 0 Å². The lowest BCUT2D eigenvalue weighted by Crippen LogP contribution is -2.44. The van der Waals surface area contributed by atoms with Gasteiger partial charge in [0.05, 0.1) is 6.61 Å². The van der Waals surface area contributed by atoms with Gasteiger partial charge in [-0.3, -0.25) is 0 Å². The first-order valence-electron chi connectivity index (χ1n) is 5.19. The molecule has 1 aliphatic rings. The van der Waals surface area contributed by atoms with Crippen LogP contribution in [-0.2, 0) is 14.3 Å². The van der Waals surface area contributed by atoms with Gasteiger partial charge >= 0.3 is 5.97 Å². The molecule has 1 aliphatic heterocycles. The quantitative estimate of drug-likeness (QED) is 0.831. The Morgan fingerprint density at radius 1 is 1.44 bits per heavy atom. The number of carbonyl (C=O) groups is 1. The summed E-state index contributed by atoms with van der Waals surface area (Å²) in [7, 11) is 0. The van der Waals surface area contributed by atoms with E-state index in [4.69, 9.17) is 14.6 Å². The first kappa shape index (κ1) is 11.1. The van der Waals surface area contributed by atoms with Crippen molar-refractivity contribution >= 4 is 5.97 Å². The minimum absolute atomic E-state index is 0.367. The summed E-state index contributed by atoms with van der Waals surface area (Å²) < 4.78 is 10.9. The minimum Gasteiger partial charge on any atom is -0.479 e. The molecule has 2 atom stereocenters. The normalized spacial score (nSPS) is 29.9. The van der Waals surface area contributed by atoms with E-state index in [1.165, 1.54) is 0 Å². The van der Waals surface area contributed by atoms with Crippen LogP contribution in [0.1, 0.15) is 25.2 Å². The van der Waals surface area contributed by atoms with E-state index >= 15 is 0 Å². The van der Waals surface area contributed by atoms with Crippen LogP contribution in [0.3, 0.4) is 0 Å². The lowest BCUT2D eigenvalue weighted by Gasteiger charge is -2.35. The Kier molecular flexibility index (Phi) is 2.94. The Labute approximate surface area is 93.8 Å². The number of carboxylic acids is 1. The van der Waals surface area contributed by atoms with Gasteiger partial charge in [-0.15, -0.1) is 0 Å². The van der Waals surface area contributed by atoms with Crippen LogP contribution in [0.4, 0.5) is 0 Å². The summed E-state index contributed by atoms with van der Waals surface area (Å²) in [5.74, 6) is -0.947. The lowest BCUT2D eigenvalue weighted by molar-refractivity contribution is -0.256. The molecule has 0 amide bonds. The van der Waals surface area contributed by atoms with E-state index in [1.807, 2.05) is 30.3 Å². The fourth-order valence-corrected chi connectivity index (χ4v) is 1.62. The molecule has 2 rings (SSSR count). The monoisotopic (exact) mass is 222 g/mol. The molecule has 0 bridgehead atoms. The van der Waals surface area contributed by atoms with Crippen molar-refractivity contribution in [2.75, 3.05) is 6.61 Å². The molecule has 1 saturated heterocycles. The number of carboxylic acid groups (broad SMARTS) is 1. The van der Waals surface area contributed by atoms with Crippen LogP contribution in [0.15, 0.2) is 30.3 Å². The third-order valence-corrected chi connectivity index (χ3v) is 2.74. The Hall–Kier alpha value is -1.39. The Morgan fingerprint density at radius 3 is 2.75 bits per heavy atom. The van der Waals surface area contributed by atoms with Gasteiger partial charge in [-0.05, 0) is 6.92 Å². The summed E-state index contributed by atoms with van der Waals surface area (Å²) in [5, 5.41) is 9.08. The predicted molar refractivity (Wildman–Crippen MR) is 56.9 cm³/mol. The smallest absolute Gasteiger partial charge is 0.335 e. The van der Waals surface area contributed by atoms with Gasteiger partial charge in [0.15, 0.2) is 11.9 Å². The molecule has 0 spiro atoms. The molecule has 86 valence electrons. The molecule has 16 heavy (non-hydrogen) atoms. The second kappa shape index (κ2) is 4.23. The average molecular weight is 222 g/mol. The van der Waals surface area contributed by atoms with Crippen molar-refractivity contribution < 1.29 is 19.4 Å². The molecule has 1 unspecified atom stereocenters. The maximum absolute atomic E-state index is 11.1. The van der Waals surface area contributed by atoms with Crippen LogP contribution in [-0.4, -0.2) is 23.3 Å². The van der Waals surface area contributed by atoms with Crippen LogP contribution >= 0.6 is 0 Å². The van der Waals surface area contributed by atoms with E-state index in [0.717, 1.165) is 5.56 Å². The fraction of sp³-hybridized carbons (Fsp3) is 0.417. The highest BCUT2D eigenvalue weighted by atomic mass is 16.7. The molecular formula is C12H14O4. The van der Waals surface area contributed by atoms with E-state index < -0.39 is 17.9 Å². The van der Waals surface area contributed by atoms with Gasteiger partial charge < -0.3 is 14.6 Å². The number of rotatable bonds is 2. The second-order valence-electron chi connectivity index (χ2n) is 4.02. The lowest BCUT2D eigenvalue weighted by atomic mass is 10.0. The first-order chi connectivity index (χ1) is 7.62. The number of hydrogen-bond donors (Lipinski definition) is 1. The maximum atomic E-state index is 11.1. The van der Waals surface area contributed by atoms with Crippen LogP contribution in [0.5, 0.6) is 0 Å². The highest BCUT2D eigenvalue weighted by Crippen LogP contribution is 2.32. The molecule has 1 aromatic rings. The van der Waals surface area contributed by atoms with Gasteiger partial charge in [-0.25, -0.2) is 4.79 Å². The predicted octanol–water partition coefficient (Wildman–Crippen LogP) is 1.97. The van der Waals surface area contributed by atoms with E-state index in [1.54, 1.807) is 6.92 Å². The van der Waals surface area contributed by atoms with Crippen LogP contribution in [0, 0.1) is 0 Å². The van der Waals surface area contributed by atoms with Crippen molar-refractivity contribution in [1.82, 2.24) is 0 Å². The van der Waals surface area contributed by atoms with E-state index in [0.29, 0.717) is 13.0 Å². The van der Waals surface area contributed by atoms with Crippen molar-refractivity contribution in [3.8, 4) is 0 Å². The zero-order valence-electron chi connectivity index (χ0n) is 9.05. The number of hydrogen-bond acceptors (Lipinski definition) is 3. The van der Waals surface area contributed by atoms with Crippen LogP contribution in [0.25, 0.3) is 0 Å². The second-order valence-corrected chi connectivity index (χ2v) is 4.02. The highest BCUT2D eigenvalue weighted by Gasteiger charge is 2.40. The molecule has 1 N–H and O–H groups in total. The Balaban J connectivity index is 2.17. The van der Waals surface area contributed by atoms with Crippen molar-refractivity contribution in [2.24, 2.45) is 0 Å². The number of benzene rings is 1. The molecule has 0 saturated carbocycles. The van der Waals surface area contributed by atoms with E-state index in [9.17, 15) is 4.79 Å². The molecule has 0 aromatic heterocycles. The third kappa shape index (κ3) is 2.08.